The molecule has 0 saturated carbocycles. The molecule has 3 aromatic rings. The second-order valence-electron chi connectivity index (χ2n) is 8.47. The molecular formula is C24H25F4N5O2. The average molecular weight is 491 g/mol. The van der Waals surface area contributed by atoms with Gasteiger partial charge in [-0.2, -0.15) is 13.2 Å². The summed E-state index contributed by atoms with van der Waals surface area (Å²) in [6.45, 7) is 7.16. The van der Waals surface area contributed by atoms with Gasteiger partial charge in [0.15, 0.2) is 6.61 Å². The lowest BCUT2D eigenvalue weighted by atomic mass is 9.68. The van der Waals surface area contributed by atoms with E-state index in [2.05, 4.69) is 27.1 Å². The first-order valence-corrected chi connectivity index (χ1v) is 10.6. The largest absolute Gasteiger partial charge is 0.484 e. The maximum Gasteiger partial charge on any atom is 0.422 e. The van der Waals surface area contributed by atoms with Gasteiger partial charge >= 0.3 is 6.18 Å². The third-order valence-electron chi connectivity index (χ3n) is 5.85. The minimum absolute atomic E-state index is 0.0916. The van der Waals surface area contributed by atoms with Crippen molar-refractivity contribution in [1.29, 1.82) is 0 Å². The van der Waals surface area contributed by atoms with E-state index in [0.29, 0.717) is 16.8 Å². The van der Waals surface area contributed by atoms with Gasteiger partial charge in [-0.05, 0) is 41.1 Å². The fraction of sp³-hybridized carbons (Fsp3) is 0.333. The van der Waals surface area contributed by atoms with Crippen LogP contribution in [0.4, 0.5) is 17.6 Å². The summed E-state index contributed by atoms with van der Waals surface area (Å²) in [5, 5.41) is 22.6. The normalized spacial score (nSPS) is 14.5. The monoisotopic (exact) mass is 491 g/mol. The van der Waals surface area contributed by atoms with Crippen LogP contribution in [0.2, 0.25) is 0 Å². The minimum atomic E-state index is -4.42. The minimum Gasteiger partial charge on any atom is -0.484 e. The molecule has 11 heteroatoms. The summed E-state index contributed by atoms with van der Waals surface area (Å²) in [5.41, 5.74) is -1.27. The highest BCUT2D eigenvalue weighted by Gasteiger charge is 2.49. The van der Waals surface area contributed by atoms with Gasteiger partial charge in [-0.1, -0.05) is 44.7 Å². The zero-order valence-electron chi connectivity index (χ0n) is 19.4. The molecule has 0 radical (unpaired) electrons. The second-order valence-corrected chi connectivity index (χ2v) is 8.47. The summed E-state index contributed by atoms with van der Waals surface area (Å²) in [4.78, 5) is 4.50. The number of hydrogen-bond acceptors (Lipinski definition) is 6. The molecule has 1 N–H and O–H groups in total. The van der Waals surface area contributed by atoms with Gasteiger partial charge in [0.1, 0.15) is 23.5 Å². The molecule has 0 aliphatic rings. The molecule has 3 rings (SSSR count). The third-order valence-corrected chi connectivity index (χ3v) is 5.85. The number of tetrazole rings is 1. The molecule has 2 heterocycles. The Balaban J connectivity index is 1.88. The molecule has 186 valence electrons. The lowest BCUT2D eigenvalue weighted by Gasteiger charge is -2.43. The Morgan fingerprint density at radius 1 is 1.11 bits per heavy atom. The molecule has 0 fully saturated rings. The SMILES string of the molecule is C=C(/C(F)=C\C)[C@@](O)(Cn1cnnn1)C(C)(C)c1ccc(-c2ccc(OCC(F)(F)F)cc2)cn1. The number of aromatic nitrogens is 5. The number of rotatable bonds is 9. The molecular weight excluding hydrogens is 466 g/mol. The first kappa shape index (κ1) is 26.0. The Kier molecular flexibility index (Phi) is 7.39. The number of ether oxygens (including phenoxy) is 1. The quantitative estimate of drug-likeness (QED) is 0.341. The number of halogens is 4. The van der Waals surface area contributed by atoms with Gasteiger partial charge in [0.05, 0.1) is 6.54 Å². The van der Waals surface area contributed by atoms with E-state index >= 15 is 0 Å². The van der Waals surface area contributed by atoms with Crippen molar-refractivity contribution in [3.63, 3.8) is 0 Å². The van der Waals surface area contributed by atoms with Crippen molar-refractivity contribution in [3.8, 4) is 16.9 Å². The number of pyridine rings is 1. The van der Waals surface area contributed by atoms with Crippen LogP contribution >= 0.6 is 0 Å². The zero-order valence-corrected chi connectivity index (χ0v) is 19.4. The van der Waals surface area contributed by atoms with E-state index in [1.807, 2.05) is 0 Å². The number of benzene rings is 1. The Hall–Kier alpha value is -3.60. The molecule has 1 aromatic carbocycles. The number of aliphatic hydroxyl groups is 1. The molecule has 1 atom stereocenters. The number of allylic oxidation sites excluding steroid dienone is 1. The van der Waals surface area contributed by atoms with Crippen molar-refractivity contribution in [2.75, 3.05) is 6.61 Å². The molecule has 7 nitrogen and oxygen atoms in total. The second kappa shape index (κ2) is 9.95. The van der Waals surface area contributed by atoms with E-state index in [-0.39, 0.29) is 17.9 Å². The molecule has 35 heavy (non-hydrogen) atoms. The molecule has 0 aliphatic carbocycles. The third kappa shape index (κ3) is 5.73. The first-order valence-electron chi connectivity index (χ1n) is 10.6. The van der Waals surface area contributed by atoms with Crippen molar-refractivity contribution in [2.45, 2.75) is 44.5 Å². The van der Waals surface area contributed by atoms with Crippen LogP contribution in [0.25, 0.3) is 11.1 Å². The highest BCUT2D eigenvalue weighted by molar-refractivity contribution is 5.63. The Morgan fingerprint density at radius 2 is 1.77 bits per heavy atom. The van der Waals surface area contributed by atoms with E-state index < -0.39 is 29.6 Å². The maximum atomic E-state index is 14.6. The van der Waals surface area contributed by atoms with Gasteiger partial charge in [-0.3, -0.25) is 4.98 Å². The van der Waals surface area contributed by atoms with Gasteiger partial charge in [0.25, 0.3) is 0 Å². The van der Waals surface area contributed by atoms with Crippen LogP contribution in [-0.2, 0) is 12.0 Å². The van der Waals surface area contributed by atoms with Crippen molar-refractivity contribution >= 4 is 0 Å². The molecule has 0 amide bonds. The predicted molar refractivity (Wildman–Crippen MR) is 121 cm³/mol. The van der Waals surface area contributed by atoms with Crippen LogP contribution in [0.5, 0.6) is 5.75 Å². The number of nitrogens with zero attached hydrogens (tertiary/aromatic N) is 5. The lowest BCUT2D eigenvalue weighted by molar-refractivity contribution is -0.153. The van der Waals surface area contributed by atoms with Crippen molar-refractivity contribution in [2.24, 2.45) is 0 Å². The number of alkyl halides is 3. The molecule has 0 spiro atoms. The summed E-state index contributed by atoms with van der Waals surface area (Å²) in [7, 11) is 0. The summed E-state index contributed by atoms with van der Waals surface area (Å²) >= 11 is 0. The summed E-state index contributed by atoms with van der Waals surface area (Å²) < 4.78 is 57.6. The summed E-state index contributed by atoms with van der Waals surface area (Å²) in [5.74, 6) is -0.577. The van der Waals surface area contributed by atoms with E-state index in [1.54, 1.807) is 44.3 Å². The van der Waals surface area contributed by atoms with Gasteiger partial charge in [0.2, 0.25) is 0 Å². The van der Waals surface area contributed by atoms with Crippen LogP contribution in [0.3, 0.4) is 0 Å². The summed E-state index contributed by atoms with van der Waals surface area (Å²) in [6, 6.07) is 9.55. The van der Waals surface area contributed by atoms with Crippen LogP contribution in [-0.4, -0.2) is 48.7 Å². The van der Waals surface area contributed by atoms with E-state index in [4.69, 9.17) is 4.74 Å². The summed E-state index contributed by atoms with van der Waals surface area (Å²) in [6.07, 6.45) is -0.338. The van der Waals surface area contributed by atoms with Gasteiger partial charge < -0.3 is 9.84 Å². The van der Waals surface area contributed by atoms with Crippen LogP contribution in [0, 0.1) is 0 Å². The van der Waals surface area contributed by atoms with Gasteiger partial charge in [-0.15, -0.1) is 5.10 Å². The predicted octanol–water partition coefficient (Wildman–Crippen LogP) is 4.81. The fourth-order valence-electron chi connectivity index (χ4n) is 3.58. The van der Waals surface area contributed by atoms with Crippen molar-refractivity contribution in [3.05, 3.63) is 78.7 Å². The zero-order chi connectivity index (χ0) is 25.9. The molecule has 0 aliphatic heterocycles. The first-order chi connectivity index (χ1) is 16.4. The Bertz CT molecular complexity index is 1170. The van der Waals surface area contributed by atoms with Crippen LogP contribution in [0.15, 0.2) is 73.0 Å². The molecule has 0 saturated heterocycles. The Labute approximate surface area is 199 Å². The topological polar surface area (TPSA) is 86.0 Å². The van der Waals surface area contributed by atoms with E-state index in [0.717, 1.165) is 0 Å². The highest BCUT2D eigenvalue weighted by atomic mass is 19.4. The molecule has 2 aromatic heterocycles. The van der Waals surface area contributed by atoms with E-state index in [1.165, 1.54) is 36.1 Å². The van der Waals surface area contributed by atoms with Crippen LogP contribution in [0.1, 0.15) is 26.5 Å². The standard InChI is InChI=1S/C24H25F4N5O2/c1-5-20(25)16(2)23(34,13-33-15-30-31-32-33)22(3,4)21-11-8-18(12-29-21)17-6-9-19(10-7-17)35-14-24(26,27)28/h5-12,15,34H,2,13-14H2,1,3-4H3/b20-5+/t23-/m0/s1. The van der Waals surface area contributed by atoms with Gasteiger partial charge in [0, 0.05) is 28.4 Å². The fourth-order valence-corrected chi connectivity index (χ4v) is 3.58. The Morgan fingerprint density at radius 3 is 2.29 bits per heavy atom. The molecule has 0 bridgehead atoms. The van der Waals surface area contributed by atoms with Crippen molar-refractivity contribution in [1.82, 2.24) is 25.2 Å². The van der Waals surface area contributed by atoms with E-state index in [9.17, 15) is 22.7 Å². The average Bonchev–Trinajstić information content (AvgIpc) is 3.34. The number of hydrogen-bond donors (Lipinski definition) is 1. The highest BCUT2D eigenvalue weighted by Crippen LogP contribution is 2.42. The smallest absolute Gasteiger partial charge is 0.422 e. The van der Waals surface area contributed by atoms with Gasteiger partial charge in [-0.25, -0.2) is 9.07 Å². The van der Waals surface area contributed by atoms with Crippen molar-refractivity contribution < 1.29 is 27.4 Å². The molecule has 0 unspecified atom stereocenters. The maximum absolute atomic E-state index is 14.6. The van der Waals surface area contributed by atoms with Crippen LogP contribution < -0.4 is 4.74 Å². The lowest BCUT2D eigenvalue weighted by Crippen LogP contribution is -2.53.